The van der Waals surface area contributed by atoms with Gasteiger partial charge in [0, 0.05) is 6.42 Å². The SMILES string of the molecule is COC(=O)CC[C@H](C)[C@H]1CC[C@@H]2[C@@H]3CC[C@H]4C[C@@H](O)CC[C@]4(C)[C@@H]3CC[C@@]21C. The monoisotopic (exact) mass is 390 g/mol. The minimum atomic E-state index is -0.0546. The summed E-state index contributed by atoms with van der Waals surface area (Å²) in [4.78, 5) is 11.6. The Morgan fingerprint density at radius 1 is 1.04 bits per heavy atom. The Morgan fingerprint density at radius 3 is 2.50 bits per heavy atom. The smallest absolute Gasteiger partial charge is 0.305 e. The van der Waals surface area contributed by atoms with E-state index in [1.165, 1.54) is 52.1 Å². The Labute approximate surface area is 172 Å². The maximum Gasteiger partial charge on any atom is 0.305 e. The molecule has 160 valence electrons. The predicted molar refractivity (Wildman–Crippen MR) is 112 cm³/mol. The fourth-order valence-corrected chi connectivity index (χ4v) is 8.86. The number of fused-ring (bicyclic) bond motifs is 5. The van der Waals surface area contributed by atoms with Crippen LogP contribution in [-0.2, 0) is 9.53 Å². The van der Waals surface area contributed by atoms with E-state index in [0.29, 0.717) is 23.2 Å². The summed E-state index contributed by atoms with van der Waals surface area (Å²) in [7, 11) is 1.50. The number of ether oxygens (including phenoxy) is 1. The van der Waals surface area contributed by atoms with Crippen molar-refractivity contribution in [1.82, 2.24) is 0 Å². The summed E-state index contributed by atoms with van der Waals surface area (Å²) in [6, 6.07) is 0. The molecule has 0 heterocycles. The van der Waals surface area contributed by atoms with Crippen LogP contribution < -0.4 is 0 Å². The summed E-state index contributed by atoms with van der Waals surface area (Å²) in [6.07, 6.45) is 13.1. The molecule has 4 fully saturated rings. The Balaban J connectivity index is 1.48. The van der Waals surface area contributed by atoms with E-state index in [2.05, 4.69) is 20.8 Å². The van der Waals surface area contributed by atoms with Gasteiger partial charge in [-0.3, -0.25) is 4.79 Å². The second-order valence-electron chi connectivity index (χ2n) is 11.4. The van der Waals surface area contributed by atoms with Crippen LogP contribution in [0.15, 0.2) is 0 Å². The molecule has 28 heavy (non-hydrogen) atoms. The first-order valence-corrected chi connectivity index (χ1v) is 12.0. The van der Waals surface area contributed by atoms with E-state index in [9.17, 15) is 9.90 Å². The number of carbonyl (C=O) groups is 1. The zero-order valence-corrected chi connectivity index (χ0v) is 18.6. The largest absolute Gasteiger partial charge is 0.469 e. The standard InChI is InChI=1S/C25H42O3/c1-16(5-10-23(27)28-4)20-8-9-21-19-7-6-17-15-18(26)11-13-24(17,2)22(19)12-14-25(20,21)3/h16-22,26H,5-15H2,1-4H3/t16-,17-,18-,19-,20+,21+,22+,24-,25+/m0/s1. The summed E-state index contributed by atoms with van der Waals surface area (Å²) in [6.45, 7) is 7.56. The van der Waals surface area contributed by atoms with Crippen LogP contribution in [0.5, 0.6) is 0 Å². The fourth-order valence-electron chi connectivity index (χ4n) is 8.86. The molecule has 0 unspecified atom stereocenters. The van der Waals surface area contributed by atoms with Crippen LogP contribution in [0.3, 0.4) is 0 Å². The van der Waals surface area contributed by atoms with Crippen molar-refractivity contribution in [2.24, 2.45) is 46.3 Å². The molecule has 9 atom stereocenters. The highest BCUT2D eigenvalue weighted by molar-refractivity contribution is 5.69. The Bertz CT molecular complexity index is 588. The van der Waals surface area contributed by atoms with Gasteiger partial charge >= 0.3 is 5.97 Å². The average molecular weight is 391 g/mol. The summed E-state index contributed by atoms with van der Waals surface area (Å²) in [5.41, 5.74) is 0.937. The second-order valence-corrected chi connectivity index (χ2v) is 11.4. The van der Waals surface area contributed by atoms with Gasteiger partial charge in [0.15, 0.2) is 0 Å². The lowest BCUT2D eigenvalue weighted by Gasteiger charge is -2.61. The highest BCUT2D eigenvalue weighted by Gasteiger charge is 2.60. The summed E-state index contributed by atoms with van der Waals surface area (Å²) >= 11 is 0. The fraction of sp³-hybridized carbons (Fsp3) is 0.960. The third-order valence-electron chi connectivity index (χ3n) is 10.4. The molecule has 0 aromatic carbocycles. The molecular weight excluding hydrogens is 348 g/mol. The molecular formula is C25H42O3. The maximum atomic E-state index is 11.6. The number of aliphatic hydroxyl groups is 1. The zero-order valence-electron chi connectivity index (χ0n) is 18.6. The van der Waals surface area contributed by atoms with Gasteiger partial charge in [0.1, 0.15) is 0 Å². The molecule has 0 bridgehead atoms. The Morgan fingerprint density at radius 2 is 1.75 bits per heavy atom. The average Bonchev–Trinajstić information content (AvgIpc) is 3.03. The molecule has 4 rings (SSSR count). The third-order valence-corrected chi connectivity index (χ3v) is 10.4. The number of hydrogen-bond donors (Lipinski definition) is 1. The molecule has 3 nitrogen and oxygen atoms in total. The van der Waals surface area contributed by atoms with E-state index < -0.39 is 0 Å². The first kappa shape index (κ1) is 20.7. The van der Waals surface area contributed by atoms with E-state index >= 15 is 0 Å². The van der Waals surface area contributed by atoms with Crippen LogP contribution in [0.25, 0.3) is 0 Å². The van der Waals surface area contributed by atoms with E-state index in [4.69, 9.17) is 4.74 Å². The van der Waals surface area contributed by atoms with Gasteiger partial charge in [-0.15, -0.1) is 0 Å². The van der Waals surface area contributed by atoms with E-state index in [-0.39, 0.29) is 12.1 Å². The Kier molecular flexibility index (Phi) is 5.61. The summed E-state index contributed by atoms with van der Waals surface area (Å²) < 4.78 is 4.88. The Hall–Kier alpha value is -0.570. The van der Waals surface area contributed by atoms with Gasteiger partial charge in [-0.05, 0) is 111 Å². The van der Waals surface area contributed by atoms with Crippen molar-refractivity contribution in [2.45, 2.75) is 97.5 Å². The van der Waals surface area contributed by atoms with Gasteiger partial charge < -0.3 is 9.84 Å². The molecule has 0 spiro atoms. The maximum absolute atomic E-state index is 11.6. The van der Waals surface area contributed by atoms with Crippen molar-refractivity contribution in [3.63, 3.8) is 0 Å². The molecule has 4 aliphatic carbocycles. The van der Waals surface area contributed by atoms with Crippen LogP contribution in [0.4, 0.5) is 0 Å². The molecule has 4 saturated carbocycles. The van der Waals surface area contributed by atoms with Gasteiger partial charge in [-0.2, -0.15) is 0 Å². The van der Waals surface area contributed by atoms with E-state index in [1.54, 1.807) is 0 Å². The lowest BCUT2D eigenvalue weighted by Crippen LogP contribution is -2.54. The molecule has 0 radical (unpaired) electrons. The molecule has 1 N–H and O–H groups in total. The molecule has 3 heteroatoms. The van der Waals surface area contributed by atoms with Crippen LogP contribution in [0.1, 0.15) is 91.4 Å². The highest BCUT2D eigenvalue weighted by atomic mass is 16.5. The predicted octanol–water partition coefficient (Wildman–Crippen LogP) is 5.60. The highest BCUT2D eigenvalue weighted by Crippen LogP contribution is 2.68. The number of carbonyl (C=O) groups excluding carboxylic acids is 1. The molecule has 0 aromatic rings. The third kappa shape index (κ3) is 3.24. The van der Waals surface area contributed by atoms with Crippen molar-refractivity contribution in [2.75, 3.05) is 7.11 Å². The number of aliphatic hydroxyl groups excluding tert-OH is 1. The summed E-state index contributed by atoms with van der Waals surface area (Å²) in [5.74, 6) is 4.72. The normalized spacial score (nSPS) is 48.9. The zero-order chi connectivity index (χ0) is 20.1. The number of hydrogen-bond acceptors (Lipinski definition) is 3. The topological polar surface area (TPSA) is 46.5 Å². The van der Waals surface area contributed by atoms with Gasteiger partial charge in [-0.1, -0.05) is 20.8 Å². The molecule has 4 aliphatic rings. The first-order chi connectivity index (χ1) is 13.3. The summed E-state index contributed by atoms with van der Waals surface area (Å²) in [5, 5.41) is 10.2. The number of methoxy groups -OCH3 is 1. The first-order valence-electron chi connectivity index (χ1n) is 12.0. The van der Waals surface area contributed by atoms with Gasteiger partial charge in [0.05, 0.1) is 13.2 Å². The van der Waals surface area contributed by atoms with Crippen LogP contribution >= 0.6 is 0 Å². The lowest BCUT2D eigenvalue weighted by molar-refractivity contribution is -0.141. The van der Waals surface area contributed by atoms with Crippen LogP contribution in [-0.4, -0.2) is 24.3 Å². The van der Waals surface area contributed by atoms with Gasteiger partial charge in [-0.25, -0.2) is 0 Å². The van der Waals surface area contributed by atoms with Crippen molar-refractivity contribution in [3.05, 3.63) is 0 Å². The molecule has 0 aliphatic heterocycles. The van der Waals surface area contributed by atoms with E-state index in [0.717, 1.165) is 48.9 Å². The van der Waals surface area contributed by atoms with Crippen LogP contribution in [0, 0.1) is 46.3 Å². The van der Waals surface area contributed by atoms with Crippen molar-refractivity contribution >= 4 is 5.97 Å². The minimum Gasteiger partial charge on any atom is -0.469 e. The number of rotatable bonds is 4. The van der Waals surface area contributed by atoms with Gasteiger partial charge in [0.25, 0.3) is 0 Å². The lowest BCUT2D eigenvalue weighted by atomic mass is 9.44. The number of esters is 1. The van der Waals surface area contributed by atoms with Crippen LogP contribution in [0.2, 0.25) is 0 Å². The van der Waals surface area contributed by atoms with Crippen molar-refractivity contribution < 1.29 is 14.6 Å². The molecule has 0 aromatic heterocycles. The minimum absolute atomic E-state index is 0.0463. The quantitative estimate of drug-likeness (QED) is 0.636. The van der Waals surface area contributed by atoms with Crippen molar-refractivity contribution in [3.8, 4) is 0 Å². The van der Waals surface area contributed by atoms with Gasteiger partial charge in [0.2, 0.25) is 0 Å². The molecule has 0 amide bonds. The van der Waals surface area contributed by atoms with Crippen molar-refractivity contribution in [1.29, 1.82) is 0 Å². The van der Waals surface area contributed by atoms with E-state index in [1.807, 2.05) is 0 Å². The second kappa shape index (κ2) is 7.60. The molecule has 0 saturated heterocycles.